The van der Waals surface area contributed by atoms with Crippen LogP contribution >= 0.6 is 24.0 Å². The molecule has 0 aliphatic carbocycles. The summed E-state index contributed by atoms with van der Waals surface area (Å²) in [5.74, 6) is 0.807. The van der Waals surface area contributed by atoms with Crippen molar-refractivity contribution in [2.45, 2.75) is 19.9 Å². The number of guanidine groups is 1. The molecule has 2 aromatic carbocycles. The van der Waals surface area contributed by atoms with E-state index in [1.165, 1.54) is 16.7 Å². The maximum atomic E-state index is 4.43. The van der Waals surface area contributed by atoms with Gasteiger partial charge in [0.1, 0.15) is 0 Å². The predicted molar refractivity (Wildman–Crippen MR) is 122 cm³/mol. The average molecular weight is 475 g/mol. The quantitative estimate of drug-likeness (QED) is 0.325. The maximum Gasteiger partial charge on any atom is 0.191 e. The van der Waals surface area contributed by atoms with Gasteiger partial charge in [-0.25, -0.2) is 4.68 Å². The zero-order valence-corrected chi connectivity index (χ0v) is 18.1. The molecule has 0 unspecified atom stereocenters. The Morgan fingerprint density at radius 3 is 2.44 bits per heavy atom. The number of para-hydroxylation sites is 1. The highest BCUT2D eigenvalue weighted by Crippen LogP contribution is 2.07. The van der Waals surface area contributed by atoms with E-state index in [9.17, 15) is 0 Å². The lowest BCUT2D eigenvalue weighted by molar-refractivity contribution is 0.794. The number of nitrogens with one attached hydrogen (secondary N) is 2. The van der Waals surface area contributed by atoms with Gasteiger partial charge in [0, 0.05) is 26.3 Å². The van der Waals surface area contributed by atoms with Crippen molar-refractivity contribution in [2.24, 2.45) is 4.99 Å². The van der Waals surface area contributed by atoms with Gasteiger partial charge in [-0.1, -0.05) is 48.0 Å². The lowest BCUT2D eigenvalue weighted by Crippen LogP contribution is -2.37. The Bertz CT molecular complexity index is 841. The van der Waals surface area contributed by atoms with Crippen molar-refractivity contribution >= 4 is 29.9 Å². The van der Waals surface area contributed by atoms with Crippen LogP contribution in [0.1, 0.15) is 16.7 Å². The van der Waals surface area contributed by atoms with Crippen LogP contribution in [-0.2, 0) is 13.0 Å². The summed E-state index contributed by atoms with van der Waals surface area (Å²) in [4.78, 5) is 4.28. The van der Waals surface area contributed by atoms with Crippen LogP contribution in [0.5, 0.6) is 0 Å². The van der Waals surface area contributed by atoms with Gasteiger partial charge in [-0.05, 0) is 36.6 Å². The Kier molecular flexibility index (Phi) is 8.32. The van der Waals surface area contributed by atoms with E-state index in [1.807, 2.05) is 41.2 Å². The van der Waals surface area contributed by atoms with Gasteiger partial charge < -0.3 is 10.6 Å². The van der Waals surface area contributed by atoms with Crippen LogP contribution < -0.4 is 10.6 Å². The average Bonchev–Trinajstić information content (AvgIpc) is 3.15. The molecule has 5 nitrogen and oxygen atoms in total. The third-order valence-electron chi connectivity index (χ3n) is 4.17. The second-order valence-corrected chi connectivity index (χ2v) is 6.22. The molecule has 1 aromatic heterocycles. The minimum Gasteiger partial charge on any atom is -0.356 e. The Morgan fingerprint density at radius 1 is 1.00 bits per heavy atom. The fourth-order valence-corrected chi connectivity index (χ4v) is 2.65. The molecule has 0 aliphatic rings. The highest BCUT2D eigenvalue weighted by atomic mass is 127. The highest BCUT2D eigenvalue weighted by molar-refractivity contribution is 14.0. The minimum absolute atomic E-state index is 0. The van der Waals surface area contributed by atoms with Crippen molar-refractivity contribution in [1.82, 2.24) is 20.4 Å². The first kappa shape index (κ1) is 21.0. The molecule has 2 N–H and O–H groups in total. The molecule has 0 saturated heterocycles. The van der Waals surface area contributed by atoms with Crippen molar-refractivity contribution in [3.05, 3.63) is 83.7 Å². The predicted octanol–water partition coefficient (Wildman–Crippen LogP) is 3.71. The molecule has 0 spiro atoms. The second kappa shape index (κ2) is 10.7. The second-order valence-electron chi connectivity index (χ2n) is 6.22. The van der Waals surface area contributed by atoms with Crippen molar-refractivity contribution in [1.29, 1.82) is 0 Å². The first-order chi connectivity index (χ1) is 12.7. The van der Waals surface area contributed by atoms with Crippen LogP contribution in [0.15, 0.2) is 72.0 Å². The van der Waals surface area contributed by atoms with E-state index < -0.39 is 0 Å². The van der Waals surface area contributed by atoms with Crippen molar-refractivity contribution in [3.8, 4) is 5.69 Å². The normalized spacial score (nSPS) is 11.0. The standard InChI is InChI=1S/C21H25N5.HI/c1-17-8-10-18(11-9-17)14-24-21(22-2)23-13-12-19-15-25-26(16-19)20-6-4-3-5-7-20;/h3-11,15-16H,12-14H2,1-2H3,(H2,22,23,24);1H. The van der Waals surface area contributed by atoms with Crippen LogP contribution in [0.4, 0.5) is 0 Å². The van der Waals surface area contributed by atoms with E-state index in [2.05, 4.69) is 58.1 Å². The van der Waals surface area contributed by atoms with Crippen molar-refractivity contribution in [2.75, 3.05) is 13.6 Å². The molecule has 142 valence electrons. The molecular weight excluding hydrogens is 449 g/mol. The Labute approximate surface area is 177 Å². The molecule has 0 fully saturated rings. The SMILES string of the molecule is CN=C(NCCc1cnn(-c2ccccc2)c1)NCc1ccc(C)cc1.I. The number of rotatable bonds is 6. The fourth-order valence-electron chi connectivity index (χ4n) is 2.65. The van der Waals surface area contributed by atoms with E-state index in [-0.39, 0.29) is 24.0 Å². The van der Waals surface area contributed by atoms with Gasteiger partial charge >= 0.3 is 0 Å². The maximum absolute atomic E-state index is 4.43. The number of benzene rings is 2. The van der Waals surface area contributed by atoms with Gasteiger partial charge in [-0.2, -0.15) is 5.10 Å². The van der Waals surface area contributed by atoms with E-state index in [0.717, 1.165) is 31.2 Å². The van der Waals surface area contributed by atoms with Crippen LogP contribution in [0.2, 0.25) is 0 Å². The van der Waals surface area contributed by atoms with E-state index in [1.54, 1.807) is 7.05 Å². The summed E-state index contributed by atoms with van der Waals surface area (Å²) in [7, 11) is 1.79. The molecule has 0 bridgehead atoms. The first-order valence-electron chi connectivity index (χ1n) is 8.83. The topological polar surface area (TPSA) is 54.2 Å². The van der Waals surface area contributed by atoms with Crippen LogP contribution in [-0.4, -0.2) is 29.3 Å². The molecule has 6 heteroatoms. The number of aliphatic imine (C=N–C) groups is 1. The summed E-state index contributed by atoms with van der Waals surface area (Å²) in [6.07, 6.45) is 4.87. The molecule has 0 radical (unpaired) electrons. The van der Waals surface area contributed by atoms with Gasteiger partial charge in [-0.3, -0.25) is 4.99 Å². The summed E-state index contributed by atoms with van der Waals surface area (Å²) >= 11 is 0. The molecule has 1 heterocycles. The number of hydrogen-bond donors (Lipinski definition) is 2. The third-order valence-corrected chi connectivity index (χ3v) is 4.17. The summed E-state index contributed by atoms with van der Waals surface area (Å²) < 4.78 is 1.90. The van der Waals surface area contributed by atoms with Gasteiger partial charge in [0.05, 0.1) is 11.9 Å². The van der Waals surface area contributed by atoms with E-state index in [4.69, 9.17) is 0 Å². The molecule has 0 aliphatic heterocycles. The largest absolute Gasteiger partial charge is 0.356 e. The van der Waals surface area contributed by atoms with Gasteiger partial charge in [0.25, 0.3) is 0 Å². The summed E-state index contributed by atoms with van der Waals surface area (Å²) in [5.41, 5.74) is 4.77. The van der Waals surface area contributed by atoms with E-state index >= 15 is 0 Å². The summed E-state index contributed by atoms with van der Waals surface area (Å²) in [6, 6.07) is 18.6. The van der Waals surface area contributed by atoms with Crippen molar-refractivity contribution < 1.29 is 0 Å². The highest BCUT2D eigenvalue weighted by Gasteiger charge is 2.02. The molecule has 0 amide bonds. The zero-order valence-electron chi connectivity index (χ0n) is 15.7. The van der Waals surface area contributed by atoms with Gasteiger partial charge in [0.2, 0.25) is 0 Å². The molecule has 3 rings (SSSR count). The summed E-state index contributed by atoms with van der Waals surface area (Å²) in [5, 5.41) is 11.1. The number of aromatic nitrogens is 2. The fraction of sp³-hybridized carbons (Fsp3) is 0.238. The minimum atomic E-state index is 0. The zero-order chi connectivity index (χ0) is 18.2. The molecule has 27 heavy (non-hydrogen) atoms. The smallest absolute Gasteiger partial charge is 0.191 e. The molecule has 3 aromatic rings. The molecular formula is C21H26IN5. The summed E-state index contributed by atoms with van der Waals surface area (Å²) in [6.45, 7) is 3.65. The lowest BCUT2D eigenvalue weighted by Gasteiger charge is -2.11. The Morgan fingerprint density at radius 2 is 1.74 bits per heavy atom. The van der Waals surface area contributed by atoms with Gasteiger partial charge in [0.15, 0.2) is 5.96 Å². The number of aryl methyl sites for hydroxylation is 1. The van der Waals surface area contributed by atoms with Crippen LogP contribution in [0.3, 0.4) is 0 Å². The lowest BCUT2D eigenvalue weighted by atomic mass is 10.1. The van der Waals surface area contributed by atoms with Crippen LogP contribution in [0, 0.1) is 6.92 Å². The first-order valence-corrected chi connectivity index (χ1v) is 8.83. The number of hydrogen-bond acceptors (Lipinski definition) is 2. The third kappa shape index (κ3) is 6.39. The molecule has 0 saturated carbocycles. The van der Waals surface area contributed by atoms with Crippen molar-refractivity contribution in [3.63, 3.8) is 0 Å². The Balaban J connectivity index is 0.00000261. The monoisotopic (exact) mass is 475 g/mol. The number of halogens is 1. The molecule has 0 atom stereocenters. The number of nitrogens with zero attached hydrogens (tertiary/aromatic N) is 3. The van der Waals surface area contributed by atoms with Gasteiger partial charge in [-0.15, -0.1) is 24.0 Å². The Hall–Kier alpha value is -2.35. The van der Waals surface area contributed by atoms with Crippen LogP contribution in [0.25, 0.3) is 5.69 Å². The van der Waals surface area contributed by atoms with E-state index in [0.29, 0.717) is 0 Å².